The number of para-hydroxylation sites is 1. The summed E-state index contributed by atoms with van der Waals surface area (Å²) in [7, 11) is 3.00. The molecule has 0 aliphatic heterocycles. The lowest BCUT2D eigenvalue weighted by Crippen LogP contribution is -2.13. The van der Waals surface area contributed by atoms with Crippen LogP contribution in [0, 0.1) is 11.3 Å². The second kappa shape index (κ2) is 10.3. The first-order valence-electron chi connectivity index (χ1n) is 8.98. The molecule has 1 heterocycles. The molecule has 1 N–H and O–H groups in total. The summed E-state index contributed by atoms with van der Waals surface area (Å²) >= 11 is 13.5. The van der Waals surface area contributed by atoms with Crippen LogP contribution in [-0.2, 0) is 11.2 Å². The Morgan fingerprint density at radius 2 is 2.06 bits per heavy atom. The van der Waals surface area contributed by atoms with Gasteiger partial charge in [-0.3, -0.25) is 10.1 Å². The van der Waals surface area contributed by atoms with Crippen molar-refractivity contribution >= 4 is 51.7 Å². The molecule has 0 aliphatic carbocycles. The quantitative estimate of drug-likeness (QED) is 0.356. The molecular formula is C22H17Cl2N3O3S. The molecule has 3 rings (SSSR count). The van der Waals surface area contributed by atoms with Crippen molar-refractivity contribution < 1.29 is 14.3 Å². The third-order valence-corrected chi connectivity index (χ3v) is 5.76. The van der Waals surface area contributed by atoms with E-state index in [0.29, 0.717) is 38.7 Å². The van der Waals surface area contributed by atoms with Gasteiger partial charge in [0.2, 0.25) is 0 Å². The molecule has 6 nitrogen and oxygen atoms in total. The highest BCUT2D eigenvalue weighted by molar-refractivity contribution is 7.15. The molecule has 0 atom stereocenters. The van der Waals surface area contributed by atoms with Gasteiger partial charge in [0.1, 0.15) is 11.6 Å². The highest BCUT2D eigenvalue weighted by Gasteiger charge is 2.15. The maximum absolute atomic E-state index is 12.6. The van der Waals surface area contributed by atoms with Crippen molar-refractivity contribution in [3.63, 3.8) is 0 Å². The second-order valence-corrected chi connectivity index (χ2v) is 8.21. The molecule has 3 aromatic rings. The van der Waals surface area contributed by atoms with Crippen molar-refractivity contribution in [3.05, 3.63) is 74.2 Å². The van der Waals surface area contributed by atoms with Gasteiger partial charge in [-0.1, -0.05) is 35.3 Å². The zero-order chi connectivity index (χ0) is 22.4. The number of rotatable bonds is 7. The molecule has 1 aromatic heterocycles. The minimum absolute atomic E-state index is 0.0961. The maximum Gasteiger partial charge on any atom is 0.268 e. The third kappa shape index (κ3) is 5.56. The van der Waals surface area contributed by atoms with Gasteiger partial charge in [0, 0.05) is 33.1 Å². The van der Waals surface area contributed by atoms with Crippen LogP contribution in [0.1, 0.15) is 16.0 Å². The highest BCUT2D eigenvalue weighted by Crippen LogP contribution is 2.32. The van der Waals surface area contributed by atoms with Crippen LogP contribution >= 0.6 is 34.5 Å². The largest absolute Gasteiger partial charge is 0.493 e. The van der Waals surface area contributed by atoms with Crippen molar-refractivity contribution in [3.8, 4) is 17.6 Å². The van der Waals surface area contributed by atoms with Gasteiger partial charge in [-0.25, -0.2) is 4.98 Å². The van der Waals surface area contributed by atoms with E-state index in [1.165, 1.54) is 31.6 Å². The molecule has 0 saturated heterocycles. The van der Waals surface area contributed by atoms with E-state index in [2.05, 4.69) is 10.3 Å². The summed E-state index contributed by atoms with van der Waals surface area (Å²) in [5.41, 5.74) is 1.31. The van der Waals surface area contributed by atoms with E-state index in [-0.39, 0.29) is 5.57 Å². The van der Waals surface area contributed by atoms with E-state index in [1.807, 2.05) is 6.07 Å². The number of carbonyl (C=O) groups is 1. The summed E-state index contributed by atoms with van der Waals surface area (Å²) < 4.78 is 10.6. The molecule has 0 spiro atoms. The summed E-state index contributed by atoms with van der Waals surface area (Å²) in [6.45, 7) is 0. The number of nitrogens with zero attached hydrogens (tertiary/aromatic N) is 2. The van der Waals surface area contributed by atoms with Gasteiger partial charge >= 0.3 is 0 Å². The number of carbonyl (C=O) groups excluding carboxylic acids is 1. The van der Waals surface area contributed by atoms with Crippen molar-refractivity contribution in [2.75, 3.05) is 19.5 Å². The third-order valence-electron chi connectivity index (χ3n) is 4.24. The number of benzene rings is 2. The number of nitrogens with one attached hydrogen (secondary N) is 1. The number of nitriles is 1. The molecule has 0 aliphatic rings. The van der Waals surface area contributed by atoms with Gasteiger partial charge in [0.05, 0.1) is 14.2 Å². The fraction of sp³-hybridized carbons (Fsp3) is 0.136. The first-order valence-corrected chi connectivity index (χ1v) is 10.5. The van der Waals surface area contributed by atoms with Crippen molar-refractivity contribution in [1.29, 1.82) is 5.26 Å². The Morgan fingerprint density at radius 3 is 2.77 bits per heavy atom. The fourth-order valence-corrected chi connectivity index (χ4v) is 4.02. The van der Waals surface area contributed by atoms with E-state index in [4.69, 9.17) is 32.7 Å². The first-order chi connectivity index (χ1) is 14.9. The number of methoxy groups -OCH3 is 2. The molecule has 0 bridgehead atoms. The van der Waals surface area contributed by atoms with E-state index in [1.54, 1.807) is 42.6 Å². The predicted octanol–water partition coefficient (Wildman–Crippen LogP) is 5.60. The molecule has 1 amide bonds. The van der Waals surface area contributed by atoms with Crippen molar-refractivity contribution in [2.24, 2.45) is 0 Å². The summed E-state index contributed by atoms with van der Waals surface area (Å²) in [5, 5.41) is 13.7. The van der Waals surface area contributed by atoms with Crippen LogP contribution in [-0.4, -0.2) is 25.1 Å². The van der Waals surface area contributed by atoms with Crippen LogP contribution < -0.4 is 14.8 Å². The van der Waals surface area contributed by atoms with Crippen LogP contribution in [0.5, 0.6) is 11.5 Å². The lowest BCUT2D eigenvalue weighted by molar-refractivity contribution is -0.112. The normalized spacial score (nSPS) is 11.0. The number of amides is 1. The highest BCUT2D eigenvalue weighted by atomic mass is 35.5. The topological polar surface area (TPSA) is 84.2 Å². The van der Waals surface area contributed by atoms with Gasteiger partial charge in [-0.15, -0.1) is 11.3 Å². The van der Waals surface area contributed by atoms with E-state index in [0.717, 1.165) is 10.4 Å². The average Bonchev–Trinajstić information content (AvgIpc) is 3.20. The predicted molar refractivity (Wildman–Crippen MR) is 123 cm³/mol. The average molecular weight is 474 g/mol. The first kappa shape index (κ1) is 22.6. The smallest absolute Gasteiger partial charge is 0.268 e. The summed E-state index contributed by atoms with van der Waals surface area (Å²) in [6.07, 6.45) is 3.62. The Morgan fingerprint density at radius 1 is 1.26 bits per heavy atom. The number of thiazole rings is 1. The standard InChI is InChI=1S/C22H17Cl2N3O3S/c1-29-19-5-3-4-13(20(19)30-2)8-15(11-25)21(28)27-22-26-12-17(31-22)10-14-9-16(23)6-7-18(14)24/h3-9,12H,10H2,1-2H3,(H,26,27,28)/b15-8+. The summed E-state index contributed by atoms with van der Waals surface area (Å²) in [6, 6.07) is 12.4. The number of ether oxygens (including phenoxy) is 2. The van der Waals surface area contributed by atoms with E-state index < -0.39 is 5.91 Å². The Kier molecular flexibility index (Phi) is 7.53. The minimum Gasteiger partial charge on any atom is -0.493 e. The van der Waals surface area contributed by atoms with E-state index in [9.17, 15) is 10.1 Å². The fourth-order valence-electron chi connectivity index (χ4n) is 2.81. The molecule has 158 valence electrons. The summed E-state index contributed by atoms with van der Waals surface area (Å²) in [4.78, 5) is 17.7. The molecule has 31 heavy (non-hydrogen) atoms. The van der Waals surface area contributed by atoms with Crippen molar-refractivity contribution in [1.82, 2.24) is 4.98 Å². The van der Waals surface area contributed by atoms with Crippen LogP contribution in [0.4, 0.5) is 5.13 Å². The molecule has 0 radical (unpaired) electrons. The molecule has 0 saturated carbocycles. The monoisotopic (exact) mass is 473 g/mol. The number of anilines is 1. The Labute approximate surface area is 193 Å². The van der Waals surface area contributed by atoms with Gasteiger partial charge in [0.25, 0.3) is 5.91 Å². The Hall–Kier alpha value is -3.05. The molecule has 0 fully saturated rings. The van der Waals surface area contributed by atoms with Crippen LogP contribution in [0.2, 0.25) is 10.0 Å². The molecular weight excluding hydrogens is 457 g/mol. The van der Waals surface area contributed by atoms with Gasteiger partial charge < -0.3 is 9.47 Å². The molecule has 0 unspecified atom stereocenters. The maximum atomic E-state index is 12.6. The Balaban J connectivity index is 1.77. The van der Waals surface area contributed by atoms with Gasteiger partial charge in [-0.05, 0) is 35.9 Å². The SMILES string of the molecule is COc1cccc(/C=C(\C#N)C(=O)Nc2ncc(Cc3cc(Cl)ccc3Cl)s2)c1OC. The second-order valence-electron chi connectivity index (χ2n) is 6.25. The number of aromatic nitrogens is 1. The zero-order valence-electron chi connectivity index (χ0n) is 16.6. The number of hydrogen-bond donors (Lipinski definition) is 1. The summed E-state index contributed by atoms with van der Waals surface area (Å²) in [5.74, 6) is 0.354. The van der Waals surface area contributed by atoms with Crippen molar-refractivity contribution in [2.45, 2.75) is 6.42 Å². The zero-order valence-corrected chi connectivity index (χ0v) is 18.9. The lowest BCUT2D eigenvalue weighted by atomic mass is 10.1. The van der Waals surface area contributed by atoms with Crippen LogP contribution in [0.25, 0.3) is 6.08 Å². The molecule has 2 aromatic carbocycles. The molecule has 9 heteroatoms. The van der Waals surface area contributed by atoms with Gasteiger partial charge in [-0.2, -0.15) is 5.26 Å². The van der Waals surface area contributed by atoms with Crippen LogP contribution in [0.15, 0.2) is 48.2 Å². The number of hydrogen-bond acceptors (Lipinski definition) is 6. The van der Waals surface area contributed by atoms with Crippen LogP contribution in [0.3, 0.4) is 0 Å². The van der Waals surface area contributed by atoms with Gasteiger partial charge in [0.15, 0.2) is 16.6 Å². The lowest BCUT2D eigenvalue weighted by Gasteiger charge is -2.10. The Bertz CT molecular complexity index is 1180. The van der Waals surface area contributed by atoms with E-state index >= 15 is 0 Å². The number of halogens is 2. The minimum atomic E-state index is -0.575.